The zero-order valence-corrected chi connectivity index (χ0v) is 23.7. The summed E-state index contributed by atoms with van der Waals surface area (Å²) in [5.41, 5.74) is 6.94. The Kier molecular flexibility index (Phi) is 12.1. The Labute approximate surface area is 225 Å². The molecule has 0 unspecified atom stereocenters. The predicted octanol–water partition coefficient (Wildman–Crippen LogP) is 4.81. The van der Waals surface area contributed by atoms with E-state index in [0.29, 0.717) is 46.6 Å². The number of aryl methyl sites for hydroxylation is 1. The number of nitrogens with zero attached hydrogens (tertiary/aromatic N) is 2. The maximum atomic E-state index is 13.4. The molecule has 1 heterocycles. The smallest absolute Gasteiger partial charge is 0.341 e. The van der Waals surface area contributed by atoms with Gasteiger partial charge < -0.3 is 15.6 Å². The Balaban J connectivity index is 2.13. The number of hydrogen-bond donors (Lipinski definition) is 2. The molecular weight excluding hydrogens is 539 g/mol. The summed E-state index contributed by atoms with van der Waals surface area (Å²) >= 11 is 4.08. The third-order valence-electron chi connectivity index (χ3n) is 4.74. The zero-order chi connectivity index (χ0) is 26.7. The van der Waals surface area contributed by atoms with Crippen molar-refractivity contribution in [2.45, 2.75) is 29.4 Å². The number of allylic oxidation sites excluding steroid dienone is 1. The van der Waals surface area contributed by atoms with Gasteiger partial charge in [0.2, 0.25) is 0 Å². The predicted molar refractivity (Wildman–Crippen MR) is 151 cm³/mol. The van der Waals surface area contributed by atoms with Crippen molar-refractivity contribution in [2.24, 2.45) is 10.7 Å². The first-order valence-corrected chi connectivity index (χ1v) is 15.5. The lowest BCUT2D eigenvalue weighted by atomic mass is 10.2. The van der Waals surface area contributed by atoms with Gasteiger partial charge in [-0.05, 0) is 67.8 Å². The minimum absolute atomic E-state index is 0.250. The highest BCUT2D eigenvalue weighted by Gasteiger charge is 2.26. The number of carboxylic acid groups (broad SMARTS) is 1. The van der Waals surface area contributed by atoms with Gasteiger partial charge in [-0.3, -0.25) is 0 Å². The Morgan fingerprint density at radius 1 is 1.31 bits per heavy atom. The van der Waals surface area contributed by atoms with Crippen molar-refractivity contribution in [1.82, 2.24) is 4.31 Å². The number of benzene rings is 1. The summed E-state index contributed by atoms with van der Waals surface area (Å²) in [4.78, 5) is 16.8. The molecular formula is C24H31N3O5S4. The molecule has 3 N–H and O–H groups in total. The van der Waals surface area contributed by atoms with Crippen LogP contribution in [0.5, 0.6) is 5.75 Å². The fourth-order valence-corrected chi connectivity index (χ4v) is 7.29. The van der Waals surface area contributed by atoms with Crippen LogP contribution in [-0.4, -0.2) is 61.2 Å². The molecule has 2 rings (SSSR count). The van der Waals surface area contributed by atoms with Gasteiger partial charge in [0.25, 0.3) is 10.0 Å². The summed E-state index contributed by atoms with van der Waals surface area (Å²) in [6.45, 7) is 8.00. The van der Waals surface area contributed by atoms with Crippen molar-refractivity contribution in [2.75, 3.05) is 31.7 Å². The van der Waals surface area contributed by atoms with Crippen molar-refractivity contribution in [3.63, 3.8) is 0 Å². The van der Waals surface area contributed by atoms with Crippen LogP contribution in [0, 0.1) is 6.92 Å². The lowest BCUT2D eigenvalue weighted by Crippen LogP contribution is -2.33. The molecule has 0 atom stereocenters. The van der Waals surface area contributed by atoms with Gasteiger partial charge in [-0.25, -0.2) is 18.2 Å². The molecule has 0 fully saturated rings. The average molecular weight is 570 g/mol. The van der Waals surface area contributed by atoms with Crippen LogP contribution in [-0.2, 0) is 14.8 Å². The van der Waals surface area contributed by atoms with Crippen molar-refractivity contribution in [1.29, 1.82) is 0 Å². The molecule has 1 aromatic heterocycles. The lowest BCUT2D eigenvalue weighted by molar-refractivity contribution is -0.139. The number of sulfonamides is 1. The van der Waals surface area contributed by atoms with Crippen LogP contribution in [0.2, 0.25) is 0 Å². The van der Waals surface area contributed by atoms with Crippen LogP contribution in [0.15, 0.2) is 68.3 Å². The Bertz CT molecular complexity index is 1220. The van der Waals surface area contributed by atoms with Crippen molar-refractivity contribution < 1.29 is 23.1 Å². The summed E-state index contributed by atoms with van der Waals surface area (Å²) in [6.07, 6.45) is 5.55. The molecule has 0 aliphatic rings. The molecule has 196 valence electrons. The SMILES string of the molecule is C=C(/N=C(\C=C/N)c1ccc(S(=O)(=O)N(CCC)CCSc2ccc(OCC(=O)O)c(C)c2)s1)SC. The van der Waals surface area contributed by atoms with Gasteiger partial charge in [0.15, 0.2) is 6.61 Å². The molecule has 36 heavy (non-hydrogen) atoms. The van der Waals surface area contributed by atoms with E-state index in [0.717, 1.165) is 21.8 Å². The van der Waals surface area contributed by atoms with Crippen LogP contribution in [0.3, 0.4) is 0 Å². The summed E-state index contributed by atoms with van der Waals surface area (Å²) in [7, 11) is -3.68. The molecule has 0 aliphatic heterocycles. The van der Waals surface area contributed by atoms with Gasteiger partial charge in [0.05, 0.1) is 15.6 Å². The van der Waals surface area contributed by atoms with E-state index < -0.39 is 22.6 Å². The highest BCUT2D eigenvalue weighted by Crippen LogP contribution is 2.29. The lowest BCUT2D eigenvalue weighted by Gasteiger charge is -2.20. The number of carboxylic acids is 1. The summed E-state index contributed by atoms with van der Waals surface area (Å²) in [5, 5.41) is 9.38. The second kappa shape index (κ2) is 14.5. The third kappa shape index (κ3) is 8.70. The average Bonchev–Trinajstić information content (AvgIpc) is 3.33. The highest BCUT2D eigenvalue weighted by atomic mass is 32.2. The first kappa shape index (κ1) is 30.0. The normalized spacial score (nSPS) is 12.4. The van der Waals surface area contributed by atoms with Gasteiger partial charge in [-0.15, -0.1) is 34.9 Å². The van der Waals surface area contributed by atoms with Crippen molar-refractivity contribution in [3.05, 3.63) is 64.7 Å². The standard InChI is InChI=1S/C24H31N3O5S4/c1-5-12-27(13-14-34-19-6-7-21(17(2)15-19)32-16-23(28)29)36(30,31)24-9-8-22(35-24)20(10-11-25)26-18(3)33-4/h6-11,15H,3,5,12-14,16,25H2,1-2,4H3,(H,28,29)/b11-10-,26-20+. The second-order valence-electron chi connectivity index (χ2n) is 7.43. The van der Waals surface area contributed by atoms with E-state index in [1.807, 2.05) is 32.2 Å². The molecule has 0 spiro atoms. The summed E-state index contributed by atoms with van der Waals surface area (Å²) in [5.74, 6) is 0.0363. The van der Waals surface area contributed by atoms with E-state index in [4.69, 9.17) is 15.6 Å². The fraction of sp³-hybridized carbons (Fsp3) is 0.333. The van der Waals surface area contributed by atoms with Gasteiger partial charge in [0.1, 0.15) is 9.96 Å². The number of rotatable bonds is 15. The fourth-order valence-electron chi connectivity index (χ4n) is 3.05. The maximum Gasteiger partial charge on any atom is 0.341 e. The van der Waals surface area contributed by atoms with E-state index >= 15 is 0 Å². The molecule has 0 aliphatic carbocycles. The van der Waals surface area contributed by atoms with E-state index in [1.54, 1.807) is 24.3 Å². The van der Waals surface area contributed by atoms with Gasteiger partial charge in [-0.1, -0.05) is 13.5 Å². The number of thioether (sulfide) groups is 2. The Morgan fingerprint density at radius 2 is 2.06 bits per heavy atom. The maximum absolute atomic E-state index is 13.4. The number of thiophene rings is 1. The van der Waals surface area contributed by atoms with Gasteiger partial charge in [-0.2, -0.15) is 4.31 Å². The molecule has 8 nitrogen and oxygen atoms in total. The number of nitrogens with two attached hydrogens (primary N) is 1. The molecule has 0 radical (unpaired) electrons. The van der Waals surface area contributed by atoms with E-state index in [2.05, 4.69) is 11.6 Å². The molecule has 1 aromatic carbocycles. The Morgan fingerprint density at radius 3 is 2.67 bits per heavy atom. The minimum atomic E-state index is -3.68. The summed E-state index contributed by atoms with van der Waals surface area (Å²) in [6, 6.07) is 8.81. The first-order valence-electron chi connectivity index (χ1n) is 11.0. The minimum Gasteiger partial charge on any atom is -0.482 e. The zero-order valence-electron chi connectivity index (χ0n) is 20.5. The van der Waals surface area contributed by atoms with Crippen molar-refractivity contribution >= 4 is 56.6 Å². The molecule has 0 saturated heterocycles. The number of ether oxygens (including phenoxy) is 1. The number of carbonyl (C=O) groups is 1. The monoisotopic (exact) mass is 569 g/mol. The van der Waals surface area contributed by atoms with E-state index in [-0.39, 0.29) is 4.21 Å². The molecule has 12 heteroatoms. The van der Waals surface area contributed by atoms with Crippen LogP contribution in [0.25, 0.3) is 0 Å². The third-order valence-corrected chi connectivity index (χ3v) is 9.75. The quantitative estimate of drug-likeness (QED) is 0.232. The van der Waals surface area contributed by atoms with Gasteiger partial charge in [0, 0.05) is 23.7 Å². The first-order chi connectivity index (χ1) is 17.1. The van der Waals surface area contributed by atoms with E-state index in [9.17, 15) is 13.2 Å². The number of hydrogen-bond acceptors (Lipinski definition) is 9. The van der Waals surface area contributed by atoms with Crippen LogP contribution >= 0.6 is 34.9 Å². The topological polar surface area (TPSA) is 122 Å². The van der Waals surface area contributed by atoms with Crippen LogP contribution < -0.4 is 10.5 Å². The number of aliphatic carboxylic acids is 1. The number of aliphatic imine (C=N–C) groups is 1. The summed E-state index contributed by atoms with van der Waals surface area (Å²) < 4.78 is 33.9. The molecule has 0 bridgehead atoms. The molecule has 0 saturated carbocycles. The van der Waals surface area contributed by atoms with Crippen LogP contribution in [0.1, 0.15) is 23.8 Å². The second-order valence-corrected chi connectivity index (χ2v) is 12.7. The highest BCUT2D eigenvalue weighted by molar-refractivity contribution is 8.02. The van der Waals surface area contributed by atoms with Crippen LogP contribution in [0.4, 0.5) is 0 Å². The van der Waals surface area contributed by atoms with E-state index in [1.165, 1.54) is 34.0 Å². The molecule has 2 aromatic rings. The Hall–Kier alpha value is -2.25. The largest absolute Gasteiger partial charge is 0.482 e. The van der Waals surface area contributed by atoms with Gasteiger partial charge >= 0.3 is 5.97 Å². The van der Waals surface area contributed by atoms with Crippen molar-refractivity contribution in [3.8, 4) is 5.75 Å². The molecule has 0 amide bonds.